The number of ether oxygens (including phenoxy) is 5. The molecule has 0 amide bonds. The Kier molecular flexibility index (Phi) is 6.92. The van der Waals surface area contributed by atoms with Crippen molar-refractivity contribution in [2.24, 2.45) is 0 Å². The number of methoxy groups -OCH3 is 4. The fraction of sp³-hybridized carbons (Fsp3) is 0.222. The number of carbonyl (C=O) groups is 1. The fourth-order valence-electron chi connectivity index (χ4n) is 3.92. The van der Waals surface area contributed by atoms with Crippen molar-refractivity contribution in [1.82, 2.24) is 4.98 Å². The van der Waals surface area contributed by atoms with Crippen LogP contribution in [0.4, 0.5) is 0 Å². The normalized spacial score (nSPS) is 10.7. The van der Waals surface area contributed by atoms with Gasteiger partial charge in [0.25, 0.3) is 0 Å². The molecule has 34 heavy (non-hydrogen) atoms. The molecule has 0 saturated heterocycles. The van der Waals surface area contributed by atoms with Gasteiger partial charge in [-0.1, -0.05) is 24.3 Å². The van der Waals surface area contributed by atoms with Crippen molar-refractivity contribution in [3.63, 3.8) is 0 Å². The van der Waals surface area contributed by atoms with E-state index in [4.69, 9.17) is 23.7 Å². The highest BCUT2D eigenvalue weighted by Crippen LogP contribution is 2.38. The van der Waals surface area contributed by atoms with Gasteiger partial charge in [-0.15, -0.1) is 0 Å². The number of nitrogens with one attached hydrogen (secondary N) is 1. The van der Waals surface area contributed by atoms with Crippen molar-refractivity contribution in [2.45, 2.75) is 12.8 Å². The standard InChI is InChI=1S/C27H27NO6/c1-30-22-12-11-17(9-10-18-14-24(31-2)26(33-4)25(15-18)32-3)13-23(22)34-27(29)20-16-28-21-8-6-5-7-19(20)21/h5-8,11-16,28H,9-10H2,1-4H3. The highest BCUT2D eigenvalue weighted by atomic mass is 16.6. The van der Waals surface area contributed by atoms with E-state index in [-0.39, 0.29) is 0 Å². The number of carbonyl (C=O) groups excluding carboxylic acids is 1. The zero-order valence-electron chi connectivity index (χ0n) is 19.6. The highest BCUT2D eigenvalue weighted by molar-refractivity contribution is 6.04. The molecule has 0 aliphatic rings. The number of aromatic amines is 1. The summed E-state index contributed by atoms with van der Waals surface area (Å²) in [6, 6.07) is 17.1. The molecule has 1 N–H and O–H groups in total. The lowest BCUT2D eigenvalue weighted by Crippen LogP contribution is -2.09. The second kappa shape index (κ2) is 10.2. The van der Waals surface area contributed by atoms with Crippen LogP contribution in [0.3, 0.4) is 0 Å². The van der Waals surface area contributed by atoms with Crippen LogP contribution in [0.5, 0.6) is 28.7 Å². The minimum Gasteiger partial charge on any atom is -0.493 e. The van der Waals surface area contributed by atoms with Crippen LogP contribution in [0.1, 0.15) is 21.5 Å². The minimum atomic E-state index is -0.447. The molecule has 1 heterocycles. The number of H-pyrrole nitrogens is 1. The van der Waals surface area contributed by atoms with Gasteiger partial charge in [0, 0.05) is 17.1 Å². The number of benzene rings is 3. The van der Waals surface area contributed by atoms with Crippen LogP contribution < -0.4 is 23.7 Å². The summed E-state index contributed by atoms with van der Waals surface area (Å²) < 4.78 is 27.5. The second-order valence-electron chi connectivity index (χ2n) is 7.66. The van der Waals surface area contributed by atoms with Gasteiger partial charge in [-0.3, -0.25) is 0 Å². The van der Waals surface area contributed by atoms with Crippen molar-refractivity contribution >= 4 is 16.9 Å². The third-order valence-electron chi connectivity index (χ3n) is 5.67. The molecule has 1 aromatic heterocycles. The molecule has 0 radical (unpaired) electrons. The summed E-state index contributed by atoms with van der Waals surface area (Å²) in [5.41, 5.74) is 3.37. The van der Waals surface area contributed by atoms with E-state index in [0.29, 0.717) is 40.7 Å². The summed E-state index contributed by atoms with van der Waals surface area (Å²) >= 11 is 0. The number of hydrogen-bond acceptors (Lipinski definition) is 6. The number of fused-ring (bicyclic) bond motifs is 1. The lowest BCUT2D eigenvalue weighted by molar-refractivity contribution is 0.0731. The number of aryl methyl sites for hydroxylation is 2. The smallest absolute Gasteiger partial charge is 0.345 e. The van der Waals surface area contributed by atoms with Crippen LogP contribution >= 0.6 is 0 Å². The van der Waals surface area contributed by atoms with Crippen molar-refractivity contribution in [1.29, 1.82) is 0 Å². The van der Waals surface area contributed by atoms with Crippen molar-refractivity contribution in [2.75, 3.05) is 28.4 Å². The Labute approximate surface area is 198 Å². The van der Waals surface area contributed by atoms with E-state index in [1.165, 1.54) is 0 Å². The van der Waals surface area contributed by atoms with E-state index in [1.807, 2.05) is 54.6 Å². The topological polar surface area (TPSA) is 79.0 Å². The monoisotopic (exact) mass is 461 g/mol. The van der Waals surface area contributed by atoms with E-state index in [0.717, 1.165) is 28.5 Å². The van der Waals surface area contributed by atoms with E-state index >= 15 is 0 Å². The molecule has 0 spiro atoms. The Bertz CT molecular complexity index is 1280. The first-order valence-electron chi connectivity index (χ1n) is 10.8. The van der Waals surface area contributed by atoms with Crippen LogP contribution in [0.2, 0.25) is 0 Å². The van der Waals surface area contributed by atoms with E-state index in [2.05, 4.69) is 4.98 Å². The molecule has 4 rings (SSSR count). The molecule has 0 bridgehead atoms. The Morgan fingerprint density at radius 2 is 1.38 bits per heavy atom. The van der Waals surface area contributed by atoms with Gasteiger partial charge in [0.15, 0.2) is 23.0 Å². The largest absolute Gasteiger partial charge is 0.493 e. The van der Waals surface area contributed by atoms with Crippen molar-refractivity contribution in [3.05, 3.63) is 77.5 Å². The van der Waals surface area contributed by atoms with Gasteiger partial charge in [0.2, 0.25) is 5.75 Å². The summed E-state index contributed by atoms with van der Waals surface area (Å²) in [6.07, 6.45) is 3.09. The molecular formula is C27H27NO6. The van der Waals surface area contributed by atoms with Gasteiger partial charge in [-0.2, -0.15) is 0 Å². The first-order chi connectivity index (χ1) is 16.6. The predicted octanol–water partition coefficient (Wildman–Crippen LogP) is 5.21. The van der Waals surface area contributed by atoms with E-state index in [9.17, 15) is 4.79 Å². The molecule has 7 heteroatoms. The fourth-order valence-corrected chi connectivity index (χ4v) is 3.92. The zero-order chi connectivity index (χ0) is 24.1. The molecule has 0 fully saturated rings. The summed E-state index contributed by atoms with van der Waals surface area (Å²) in [4.78, 5) is 16.0. The summed E-state index contributed by atoms with van der Waals surface area (Å²) in [6.45, 7) is 0. The zero-order valence-corrected chi connectivity index (χ0v) is 19.6. The SMILES string of the molecule is COc1ccc(CCc2cc(OC)c(OC)c(OC)c2)cc1OC(=O)c1c[nH]c2ccccc12. The molecule has 4 aromatic rings. The Morgan fingerprint density at radius 1 is 0.735 bits per heavy atom. The lowest BCUT2D eigenvalue weighted by Gasteiger charge is -2.14. The van der Waals surface area contributed by atoms with Gasteiger partial charge in [-0.05, 0) is 54.3 Å². The molecule has 0 aliphatic heterocycles. The molecular weight excluding hydrogens is 434 g/mol. The van der Waals surface area contributed by atoms with Crippen molar-refractivity contribution in [3.8, 4) is 28.7 Å². The maximum atomic E-state index is 12.9. The Morgan fingerprint density at radius 3 is 2.06 bits per heavy atom. The highest BCUT2D eigenvalue weighted by Gasteiger charge is 2.17. The van der Waals surface area contributed by atoms with Crippen LogP contribution in [0, 0.1) is 0 Å². The number of aromatic nitrogens is 1. The van der Waals surface area contributed by atoms with Crippen LogP contribution in [-0.4, -0.2) is 39.4 Å². The van der Waals surface area contributed by atoms with E-state index in [1.54, 1.807) is 34.6 Å². The van der Waals surface area contributed by atoms with Crippen LogP contribution in [0.25, 0.3) is 10.9 Å². The quantitative estimate of drug-likeness (QED) is 0.272. The summed E-state index contributed by atoms with van der Waals surface area (Å²) in [5.74, 6) is 2.20. The molecule has 0 atom stereocenters. The lowest BCUT2D eigenvalue weighted by atomic mass is 10.0. The van der Waals surface area contributed by atoms with Crippen LogP contribution in [0.15, 0.2) is 60.8 Å². The second-order valence-corrected chi connectivity index (χ2v) is 7.66. The average Bonchev–Trinajstić information content (AvgIpc) is 3.31. The van der Waals surface area contributed by atoms with Gasteiger partial charge in [0.1, 0.15) is 0 Å². The van der Waals surface area contributed by atoms with Gasteiger partial charge in [-0.25, -0.2) is 4.79 Å². The van der Waals surface area contributed by atoms with E-state index < -0.39 is 5.97 Å². The van der Waals surface area contributed by atoms with Gasteiger partial charge in [0.05, 0.1) is 34.0 Å². The van der Waals surface area contributed by atoms with Crippen LogP contribution in [-0.2, 0) is 12.8 Å². The number of esters is 1. The molecule has 0 saturated carbocycles. The molecule has 0 aliphatic carbocycles. The maximum absolute atomic E-state index is 12.9. The summed E-state index contributed by atoms with van der Waals surface area (Å²) in [7, 11) is 6.32. The van der Waals surface area contributed by atoms with Gasteiger partial charge >= 0.3 is 5.97 Å². The predicted molar refractivity (Wildman–Crippen MR) is 130 cm³/mol. The Balaban J connectivity index is 1.54. The summed E-state index contributed by atoms with van der Waals surface area (Å²) in [5, 5.41) is 0.810. The first kappa shape index (κ1) is 23.0. The van der Waals surface area contributed by atoms with Gasteiger partial charge < -0.3 is 28.7 Å². The molecule has 0 unspecified atom stereocenters. The average molecular weight is 462 g/mol. The number of rotatable bonds is 9. The van der Waals surface area contributed by atoms with Crippen molar-refractivity contribution < 1.29 is 28.5 Å². The number of para-hydroxylation sites is 1. The number of hydrogen-bond donors (Lipinski definition) is 1. The maximum Gasteiger partial charge on any atom is 0.345 e. The molecule has 176 valence electrons. The third kappa shape index (κ3) is 4.64. The Hall–Kier alpha value is -4.13. The first-order valence-corrected chi connectivity index (χ1v) is 10.8. The molecule has 3 aromatic carbocycles. The molecule has 7 nitrogen and oxygen atoms in total. The minimum absolute atomic E-state index is 0.375. The third-order valence-corrected chi connectivity index (χ3v) is 5.67.